The lowest BCUT2D eigenvalue weighted by molar-refractivity contribution is 0.622. The number of rotatable bonds is 6. The smallest absolute Gasteiger partial charge is 0.134 e. The Morgan fingerprint density at radius 3 is 2.62 bits per heavy atom. The van der Waals surface area contributed by atoms with Crippen molar-refractivity contribution in [1.29, 1.82) is 0 Å². The monoisotopic (exact) mass is 222 g/mol. The van der Waals surface area contributed by atoms with Gasteiger partial charge >= 0.3 is 0 Å². The van der Waals surface area contributed by atoms with E-state index in [1.54, 1.807) is 6.33 Å². The Bertz CT molecular complexity index is 314. The summed E-state index contributed by atoms with van der Waals surface area (Å²) >= 11 is 0. The van der Waals surface area contributed by atoms with Gasteiger partial charge in [0.1, 0.15) is 18.0 Å². The number of aromatic nitrogens is 2. The predicted octanol–water partition coefficient (Wildman–Crippen LogP) is 2.53. The molecule has 0 aliphatic heterocycles. The van der Waals surface area contributed by atoms with Crippen molar-refractivity contribution >= 4 is 11.6 Å². The summed E-state index contributed by atoms with van der Waals surface area (Å²) in [6.45, 7) is 10.5. The highest BCUT2D eigenvalue weighted by Crippen LogP contribution is 2.17. The van der Waals surface area contributed by atoms with Crippen LogP contribution in [0.1, 0.15) is 34.1 Å². The zero-order chi connectivity index (χ0) is 12.0. The van der Waals surface area contributed by atoms with E-state index in [4.69, 9.17) is 0 Å². The summed E-state index contributed by atoms with van der Waals surface area (Å²) in [5.74, 6) is 1.90. The molecule has 0 radical (unpaired) electrons. The fourth-order valence-corrected chi connectivity index (χ4v) is 1.70. The van der Waals surface area contributed by atoms with Crippen molar-refractivity contribution < 1.29 is 0 Å². The summed E-state index contributed by atoms with van der Waals surface area (Å²) in [5, 5.41) is 3.21. The van der Waals surface area contributed by atoms with Crippen LogP contribution in [0.2, 0.25) is 0 Å². The average Bonchev–Trinajstić information content (AvgIpc) is 2.31. The maximum atomic E-state index is 4.34. The molecule has 1 atom stereocenters. The van der Waals surface area contributed by atoms with Crippen LogP contribution in [0.25, 0.3) is 0 Å². The van der Waals surface area contributed by atoms with Gasteiger partial charge in [-0.1, -0.05) is 6.92 Å². The average molecular weight is 222 g/mol. The Morgan fingerprint density at radius 2 is 2.06 bits per heavy atom. The number of hydrogen-bond donors (Lipinski definition) is 1. The van der Waals surface area contributed by atoms with Crippen LogP contribution in [0.15, 0.2) is 12.4 Å². The van der Waals surface area contributed by atoms with E-state index in [0.717, 1.165) is 31.1 Å². The molecule has 90 valence electrons. The summed E-state index contributed by atoms with van der Waals surface area (Å²) in [4.78, 5) is 10.8. The highest BCUT2D eigenvalue weighted by atomic mass is 15.2. The van der Waals surface area contributed by atoms with Crippen molar-refractivity contribution in [3.05, 3.63) is 12.4 Å². The molecule has 1 N–H and O–H groups in total. The maximum Gasteiger partial charge on any atom is 0.134 e. The van der Waals surface area contributed by atoms with Crippen molar-refractivity contribution in [2.24, 2.45) is 0 Å². The van der Waals surface area contributed by atoms with Gasteiger partial charge in [0, 0.05) is 25.2 Å². The fraction of sp³-hybridized carbons (Fsp3) is 0.667. The van der Waals surface area contributed by atoms with E-state index in [2.05, 4.69) is 47.9 Å². The molecule has 0 saturated carbocycles. The second-order valence-electron chi connectivity index (χ2n) is 3.84. The van der Waals surface area contributed by atoms with E-state index in [1.165, 1.54) is 0 Å². The molecular formula is C12H22N4. The zero-order valence-electron chi connectivity index (χ0n) is 10.7. The minimum atomic E-state index is 0.509. The molecule has 1 heterocycles. The van der Waals surface area contributed by atoms with Crippen LogP contribution in [0.3, 0.4) is 0 Å². The van der Waals surface area contributed by atoms with E-state index in [-0.39, 0.29) is 0 Å². The lowest BCUT2D eigenvalue weighted by Crippen LogP contribution is -2.33. The molecule has 16 heavy (non-hydrogen) atoms. The molecule has 0 aliphatic rings. The van der Waals surface area contributed by atoms with Gasteiger partial charge in [0.25, 0.3) is 0 Å². The molecule has 0 bridgehead atoms. The Morgan fingerprint density at radius 1 is 1.31 bits per heavy atom. The van der Waals surface area contributed by atoms with Gasteiger partial charge in [-0.15, -0.1) is 0 Å². The summed E-state index contributed by atoms with van der Waals surface area (Å²) < 4.78 is 0. The van der Waals surface area contributed by atoms with Crippen LogP contribution in [0, 0.1) is 0 Å². The molecule has 1 aromatic rings. The highest BCUT2D eigenvalue weighted by Gasteiger charge is 2.12. The quantitative estimate of drug-likeness (QED) is 0.803. The maximum absolute atomic E-state index is 4.34. The first-order valence-corrected chi connectivity index (χ1v) is 6.05. The van der Waals surface area contributed by atoms with Crippen molar-refractivity contribution in [2.45, 2.75) is 40.2 Å². The van der Waals surface area contributed by atoms with Gasteiger partial charge in [-0.05, 0) is 27.2 Å². The van der Waals surface area contributed by atoms with Gasteiger partial charge in [-0.3, -0.25) is 0 Å². The largest absolute Gasteiger partial charge is 0.370 e. The molecule has 0 amide bonds. The van der Waals surface area contributed by atoms with Crippen LogP contribution in [0.5, 0.6) is 0 Å². The standard InChI is InChI=1S/C12H22N4/c1-5-10(4)16(7-3)12-8-11(13-6-2)14-9-15-12/h8-10H,5-7H2,1-4H3,(H,13,14,15). The van der Waals surface area contributed by atoms with Crippen molar-refractivity contribution in [1.82, 2.24) is 9.97 Å². The van der Waals surface area contributed by atoms with Crippen LogP contribution in [0.4, 0.5) is 11.6 Å². The van der Waals surface area contributed by atoms with Crippen LogP contribution in [-0.2, 0) is 0 Å². The number of nitrogens with zero attached hydrogens (tertiary/aromatic N) is 3. The van der Waals surface area contributed by atoms with E-state index in [9.17, 15) is 0 Å². The van der Waals surface area contributed by atoms with E-state index in [1.807, 2.05) is 6.07 Å². The number of hydrogen-bond acceptors (Lipinski definition) is 4. The molecule has 0 fully saturated rings. The predicted molar refractivity (Wildman–Crippen MR) is 69.0 cm³/mol. The molecule has 4 nitrogen and oxygen atoms in total. The lowest BCUT2D eigenvalue weighted by Gasteiger charge is -2.28. The van der Waals surface area contributed by atoms with Gasteiger partial charge in [0.2, 0.25) is 0 Å². The Balaban J connectivity index is 2.87. The first-order chi connectivity index (χ1) is 7.72. The summed E-state index contributed by atoms with van der Waals surface area (Å²) in [5.41, 5.74) is 0. The van der Waals surface area contributed by atoms with Gasteiger partial charge < -0.3 is 10.2 Å². The third-order valence-electron chi connectivity index (χ3n) is 2.77. The topological polar surface area (TPSA) is 41.0 Å². The molecule has 0 saturated heterocycles. The van der Waals surface area contributed by atoms with Gasteiger partial charge in [-0.2, -0.15) is 0 Å². The van der Waals surface area contributed by atoms with Gasteiger partial charge in [0.05, 0.1) is 0 Å². The van der Waals surface area contributed by atoms with E-state index in [0.29, 0.717) is 6.04 Å². The van der Waals surface area contributed by atoms with Crippen LogP contribution >= 0.6 is 0 Å². The first kappa shape index (κ1) is 12.7. The Labute approximate surface area is 98.1 Å². The Hall–Kier alpha value is -1.32. The SMILES string of the molecule is CCNc1cc(N(CC)C(C)CC)ncn1. The molecule has 1 aromatic heterocycles. The highest BCUT2D eigenvalue weighted by molar-refractivity contribution is 5.48. The normalized spacial score (nSPS) is 12.2. The molecule has 1 rings (SSSR count). The minimum absolute atomic E-state index is 0.509. The van der Waals surface area contributed by atoms with Gasteiger partial charge in [0.15, 0.2) is 0 Å². The van der Waals surface area contributed by atoms with Crippen molar-refractivity contribution in [3.63, 3.8) is 0 Å². The first-order valence-electron chi connectivity index (χ1n) is 6.05. The second-order valence-corrected chi connectivity index (χ2v) is 3.84. The lowest BCUT2D eigenvalue weighted by atomic mass is 10.2. The second kappa shape index (κ2) is 6.30. The van der Waals surface area contributed by atoms with Gasteiger partial charge in [-0.25, -0.2) is 9.97 Å². The molecule has 0 aliphatic carbocycles. The van der Waals surface area contributed by atoms with E-state index >= 15 is 0 Å². The molecular weight excluding hydrogens is 200 g/mol. The molecule has 0 aromatic carbocycles. The summed E-state index contributed by atoms with van der Waals surface area (Å²) in [7, 11) is 0. The fourth-order valence-electron chi connectivity index (χ4n) is 1.70. The third-order valence-corrected chi connectivity index (χ3v) is 2.77. The number of nitrogens with one attached hydrogen (secondary N) is 1. The van der Waals surface area contributed by atoms with E-state index < -0.39 is 0 Å². The molecule has 4 heteroatoms. The Kier molecular flexibility index (Phi) is 5.02. The summed E-state index contributed by atoms with van der Waals surface area (Å²) in [6, 6.07) is 2.52. The number of anilines is 2. The summed E-state index contributed by atoms with van der Waals surface area (Å²) in [6.07, 6.45) is 2.74. The van der Waals surface area contributed by atoms with Crippen LogP contribution in [-0.4, -0.2) is 29.1 Å². The molecule has 1 unspecified atom stereocenters. The zero-order valence-corrected chi connectivity index (χ0v) is 10.7. The van der Waals surface area contributed by atoms with Crippen molar-refractivity contribution in [3.8, 4) is 0 Å². The van der Waals surface area contributed by atoms with Crippen molar-refractivity contribution in [2.75, 3.05) is 23.3 Å². The minimum Gasteiger partial charge on any atom is -0.370 e. The molecule has 0 spiro atoms. The van der Waals surface area contributed by atoms with Crippen LogP contribution < -0.4 is 10.2 Å². The third kappa shape index (κ3) is 3.08.